The summed E-state index contributed by atoms with van der Waals surface area (Å²) in [6, 6.07) is 11.5. The lowest BCUT2D eigenvalue weighted by molar-refractivity contribution is 0.411. The van der Waals surface area contributed by atoms with Crippen LogP contribution in [0.3, 0.4) is 0 Å². The van der Waals surface area contributed by atoms with Gasteiger partial charge in [0.2, 0.25) is 0 Å². The summed E-state index contributed by atoms with van der Waals surface area (Å²) < 4.78 is 5.32. The molecular weight excluding hydrogens is 258 g/mol. The molecule has 3 heteroatoms. The van der Waals surface area contributed by atoms with Crippen LogP contribution >= 0.6 is 11.6 Å². The number of hydrogen-bond donors (Lipinski definition) is 1. The van der Waals surface area contributed by atoms with Crippen LogP contribution < -0.4 is 10.5 Å². The van der Waals surface area contributed by atoms with Crippen molar-refractivity contribution < 1.29 is 4.74 Å². The van der Waals surface area contributed by atoms with Gasteiger partial charge in [0.1, 0.15) is 5.75 Å². The van der Waals surface area contributed by atoms with Crippen LogP contribution in [0.15, 0.2) is 36.4 Å². The molecule has 1 unspecified atom stereocenters. The van der Waals surface area contributed by atoms with Crippen LogP contribution in [-0.4, -0.2) is 7.11 Å². The van der Waals surface area contributed by atoms with Gasteiger partial charge in [-0.05, 0) is 48.2 Å². The molecule has 100 valence electrons. The first-order valence-corrected chi connectivity index (χ1v) is 6.57. The number of methoxy groups -OCH3 is 1. The first kappa shape index (κ1) is 13.9. The largest absolute Gasteiger partial charge is 0.496 e. The SMILES string of the molecule is COc1cc(C)c(C(N)c2ccccc2Cl)cc1C. The highest BCUT2D eigenvalue weighted by molar-refractivity contribution is 6.31. The highest BCUT2D eigenvalue weighted by atomic mass is 35.5. The van der Waals surface area contributed by atoms with Gasteiger partial charge in [-0.2, -0.15) is 0 Å². The van der Waals surface area contributed by atoms with Crippen LogP contribution in [-0.2, 0) is 0 Å². The van der Waals surface area contributed by atoms with Gasteiger partial charge in [-0.25, -0.2) is 0 Å². The molecule has 2 aromatic rings. The molecule has 0 saturated carbocycles. The smallest absolute Gasteiger partial charge is 0.122 e. The van der Waals surface area contributed by atoms with Gasteiger partial charge in [0.05, 0.1) is 13.2 Å². The number of benzene rings is 2. The lowest BCUT2D eigenvalue weighted by atomic mass is 9.94. The maximum atomic E-state index is 6.35. The summed E-state index contributed by atoms with van der Waals surface area (Å²) in [6.07, 6.45) is 0. The molecule has 0 aliphatic rings. The fraction of sp³-hybridized carbons (Fsp3) is 0.250. The molecule has 0 aliphatic heterocycles. The van der Waals surface area contributed by atoms with E-state index in [4.69, 9.17) is 22.1 Å². The maximum Gasteiger partial charge on any atom is 0.122 e. The van der Waals surface area contributed by atoms with E-state index >= 15 is 0 Å². The Labute approximate surface area is 119 Å². The van der Waals surface area contributed by atoms with E-state index in [2.05, 4.69) is 6.07 Å². The Hall–Kier alpha value is -1.51. The van der Waals surface area contributed by atoms with Gasteiger partial charge in [0.15, 0.2) is 0 Å². The highest BCUT2D eigenvalue weighted by Gasteiger charge is 2.15. The molecule has 0 aliphatic carbocycles. The standard InChI is InChI=1S/C16H18ClNO/c1-10-9-15(19-3)11(2)8-13(10)16(18)12-6-4-5-7-14(12)17/h4-9,16H,18H2,1-3H3. The monoisotopic (exact) mass is 275 g/mol. The Balaban J connectivity index is 2.48. The van der Waals surface area contributed by atoms with E-state index in [0.717, 1.165) is 28.0 Å². The van der Waals surface area contributed by atoms with Gasteiger partial charge in [-0.3, -0.25) is 0 Å². The molecule has 2 aromatic carbocycles. The van der Waals surface area contributed by atoms with E-state index in [1.807, 2.05) is 44.2 Å². The van der Waals surface area contributed by atoms with Crippen molar-refractivity contribution in [3.63, 3.8) is 0 Å². The van der Waals surface area contributed by atoms with Gasteiger partial charge in [-0.15, -0.1) is 0 Å². The minimum absolute atomic E-state index is 0.224. The third-order valence-corrected chi connectivity index (χ3v) is 3.70. The van der Waals surface area contributed by atoms with Crippen LogP contribution in [0.4, 0.5) is 0 Å². The maximum absolute atomic E-state index is 6.35. The molecule has 0 fully saturated rings. The number of ether oxygens (including phenoxy) is 1. The van der Waals surface area contributed by atoms with Crippen LogP contribution in [0.1, 0.15) is 28.3 Å². The van der Waals surface area contributed by atoms with Crippen molar-refractivity contribution in [2.75, 3.05) is 7.11 Å². The normalized spacial score (nSPS) is 12.3. The van der Waals surface area contributed by atoms with Gasteiger partial charge >= 0.3 is 0 Å². The van der Waals surface area contributed by atoms with Crippen molar-refractivity contribution in [3.8, 4) is 5.75 Å². The second kappa shape index (κ2) is 5.64. The summed E-state index contributed by atoms with van der Waals surface area (Å²) in [7, 11) is 1.68. The van der Waals surface area contributed by atoms with Gasteiger partial charge < -0.3 is 10.5 Å². The molecule has 0 amide bonds. The molecule has 0 radical (unpaired) electrons. The molecule has 2 rings (SSSR count). The van der Waals surface area contributed by atoms with Crippen molar-refractivity contribution in [2.24, 2.45) is 5.73 Å². The summed E-state index contributed by atoms with van der Waals surface area (Å²) in [5, 5.41) is 0.697. The number of hydrogen-bond acceptors (Lipinski definition) is 2. The molecule has 0 spiro atoms. The second-order valence-corrected chi connectivity index (χ2v) is 5.08. The van der Waals surface area contributed by atoms with Gasteiger partial charge in [-0.1, -0.05) is 35.9 Å². The quantitative estimate of drug-likeness (QED) is 0.918. The Kier molecular flexibility index (Phi) is 4.13. The average Bonchev–Trinajstić information content (AvgIpc) is 2.40. The van der Waals surface area contributed by atoms with Crippen LogP contribution in [0.5, 0.6) is 5.75 Å². The zero-order valence-electron chi connectivity index (χ0n) is 11.4. The molecule has 0 aromatic heterocycles. The van der Waals surface area contributed by atoms with E-state index in [1.165, 1.54) is 0 Å². The molecule has 0 heterocycles. The second-order valence-electron chi connectivity index (χ2n) is 4.68. The third-order valence-electron chi connectivity index (χ3n) is 3.36. The Morgan fingerprint density at radius 2 is 1.74 bits per heavy atom. The fourth-order valence-corrected chi connectivity index (χ4v) is 2.52. The minimum atomic E-state index is -0.224. The van der Waals surface area contributed by atoms with E-state index in [-0.39, 0.29) is 6.04 Å². The minimum Gasteiger partial charge on any atom is -0.496 e. The predicted molar refractivity (Wildman–Crippen MR) is 80.0 cm³/mol. The first-order chi connectivity index (χ1) is 9.04. The Morgan fingerprint density at radius 3 is 2.37 bits per heavy atom. The number of rotatable bonds is 3. The fourth-order valence-electron chi connectivity index (χ4n) is 2.26. The molecular formula is C16H18ClNO. The molecule has 2 N–H and O–H groups in total. The van der Waals surface area contributed by atoms with E-state index in [0.29, 0.717) is 5.02 Å². The van der Waals surface area contributed by atoms with E-state index in [9.17, 15) is 0 Å². The van der Waals surface area contributed by atoms with E-state index in [1.54, 1.807) is 7.11 Å². The lowest BCUT2D eigenvalue weighted by Gasteiger charge is -2.18. The molecule has 0 saturated heterocycles. The molecule has 1 atom stereocenters. The molecule has 2 nitrogen and oxygen atoms in total. The summed E-state index contributed by atoms with van der Waals surface area (Å²) in [4.78, 5) is 0. The topological polar surface area (TPSA) is 35.2 Å². The van der Waals surface area contributed by atoms with Crippen molar-refractivity contribution in [2.45, 2.75) is 19.9 Å². The van der Waals surface area contributed by atoms with Crippen LogP contribution in [0.25, 0.3) is 0 Å². The van der Waals surface area contributed by atoms with Gasteiger partial charge in [0, 0.05) is 5.02 Å². The zero-order chi connectivity index (χ0) is 14.0. The van der Waals surface area contributed by atoms with Crippen molar-refractivity contribution in [3.05, 3.63) is 63.7 Å². The summed E-state index contributed by atoms with van der Waals surface area (Å²) in [5.41, 5.74) is 10.6. The van der Waals surface area contributed by atoms with Crippen LogP contribution in [0.2, 0.25) is 5.02 Å². The average molecular weight is 276 g/mol. The lowest BCUT2D eigenvalue weighted by Crippen LogP contribution is -2.14. The number of halogens is 1. The highest BCUT2D eigenvalue weighted by Crippen LogP contribution is 2.31. The zero-order valence-corrected chi connectivity index (χ0v) is 12.2. The summed E-state index contributed by atoms with van der Waals surface area (Å²) in [6.45, 7) is 4.05. The van der Waals surface area contributed by atoms with Crippen molar-refractivity contribution in [1.29, 1.82) is 0 Å². The van der Waals surface area contributed by atoms with Gasteiger partial charge in [0.25, 0.3) is 0 Å². The van der Waals surface area contributed by atoms with Crippen molar-refractivity contribution in [1.82, 2.24) is 0 Å². The Bertz CT molecular complexity index is 595. The third kappa shape index (κ3) is 2.75. The molecule has 19 heavy (non-hydrogen) atoms. The summed E-state index contributed by atoms with van der Waals surface area (Å²) in [5.74, 6) is 0.882. The summed E-state index contributed by atoms with van der Waals surface area (Å²) >= 11 is 6.21. The van der Waals surface area contributed by atoms with Crippen LogP contribution in [0, 0.1) is 13.8 Å². The Morgan fingerprint density at radius 1 is 1.05 bits per heavy atom. The molecule has 0 bridgehead atoms. The first-order valence-electron chi connectivity index (χ1n) is 6.19. The van der Waals surface area contributed by atoms with Crippen molar-refractivity contribution >= 4 is 11.6 Å². The number of nitrogens with two attached hydrogens (primary N) is 1. The number of aryl methyl sites for hydroxylation is 2. The predicted octanol–water partition coefficient (Wildman–Crippen LogP) is 4.01. The van der Waals surface area contributed by atoms with E-state index < -0.39 is 0 Å².